The van der Waals surface area contributed by atoms with Crippen LogP contribution in [0, 0.1) is 0 Å². The second kappa shape index (κ2) is 3.50. The van der Waals surface area contributed by atoms with E-state index < -0.39 is 0 Å². The quantitative estimate of drug-likeness (QED) is 0.751. The number of nitrogens with one attached hydrogen (secondary N) is 1. The van der Waals surface area contributed by atoms with Crippen LogP contribution in [0.4, 0.5) is 0 Å². The van der Waals surface area contributed by atoms with E-state index in [9.17, 15) is 0 Å². The third kappa shape index (κ3) is 1.75. The predicted octanol–water partition coefficient (Wildman–Crippen LogP) is 1.89. The molecule has 1 saturated heterocycles. The third-order valence-corrected chi connectivity index (χ3v) is 2.61. The molecular formula is C10H17N3. The molecule has 1 aliphatic rings. The molecule has 2 rings (SSSR count). The van der Waals surface area contributed by atoms with Crippen LogP contribution >= 0.6 is 0 Å². The summed E-state index contributed by atoms with van der Waals surface area (Å²) in [5, 5.41) is 7.81. The molecule has 0 aliphatic carbocycles. The van der Waals surface area contributed by atoms with Crippen LogP contribution in [0.2, 0.25) is 0 Å². The number of hydrogen-bond acceptors (Lipinski definition) is 2. The maximum Gasteiger partial charge on any atom is 0.0537 e. The molecule has 0 bridgehead atoms. The van der Waals surface area contributed by atoms with Crippen molar-refractivity contribution >= 4 is 0 Å². The molecular weight excluding hydrogens is 162 g/mol. The smallest absolute Gasteiger partial charge is 0.0537 e. The van der Waals surface area contributed by atoms with Crippen LogP contribution in [0.15, 0.2) is 12.4 Å². The Balaban J connectivity index is 2.12. The van der Waals surface area contributed by atoms with Crippen LogP contribution in [0.25, 0.3) is 0 Å². The average Bonchev–Trinajstić information content (AvgIpc) is 2.75. The van der Waals surface area contributed by atoms with Crippen molar-refractivity contribution in [2.45, 2.75) is 38.8 Å². The Morgan fingerprint density at radius 2 is 2.46 bits per heavy atom. The highest BCUT2D eigenvalue weighted by atomic mass is 15.3. The Kier molecular flexibility index (Phi) is 2.36. The van der Waals surface area contributed by atoms with Crippen LogP contribution in [0.5, 0.6) is 0 Å². The summed E-state index contributed by atoms with van der Waals surface area (Å²) in [6.07, 6.45) is 6.69. The van der Waals surface area contributed by atoms with Gasteiger partial charge in [-0.05, 0) is 33.2 Å². The molecule has 3 heteroatoms. The van der Waals surface area contributed by atoms with Crippen molar-refractivity contribution in [3.63, 3.8) is 0 Å². The zero-order chi connectivity index (χ0) is 9.26. The first-order valence-corrected chi connectivity index (χ1v) is 5.05. The summed E-state index contributed by atoms with van der Waals surface area (Å²) in [6, 6.07) is 1.02. The predicted molar refractivity (Wildman–Crippen MR) is 52.6 cm³/mol. The van der Waals surface area contributed by atoms with Crippen LogP contribution < -0.4 is 5.32 Å². The highest BCUT2D eigenvalue weighted by molar-refractivity contribution is 5.11. The standard InChI is InChI=1S/C10H17N3/c1-8(2)13-7-9(6-12-13)10-4-3-5-11-10/h6-8,10-11H,3-5H2,1-2H3/t10-/m1/s1. The molecule has 1 aliphatic heterocycles. The van der Waals surface area contributed by atoms with Crippen molar-refractivity contribution < 1.29 is 0 Å². The average molecular weight is 179 g/mol. The van der Waals surface area contributed by atoms with Crippen molar-refractivity contribution in [2.75, 3.05) is 6.54 Å². The Hall–Kier alpha value is -0.830. The lowest BCUT2D eigenvalue weighted by atomic mass is 10.1. The van der Waals surface area contributed by atoms with Gasteiger partial charge >= 0.3 is 0 Å². The minimum Gasteiger partial charge on any atom is -0.310 e. The molecule has 1 fully saturated rings. The molecule has 0 radical (unpaired) electrons. The van der Waals surface area contributed by atoms with E-state index in [-0.39, 0.29) is 0 Å². The van der Waals surface area contributed by atoms with Crippen molar-refractivity contribution in [1.82, 2.24) is 15.1 Å². The summed E-state index contributed by atoms with van der Waals surface area (Å²) in [5.41, 5.74) is 1.34. The van der Waals surface area contributed by atoms with E-state index in [2.05, 4.69) is 30.5 Å². The van der Waals surface area contributed by atoms with Crippen molar-refractivity contribution in [2.24, 2.45) is 0 Å². The SMILES string of the molecule is CC(C)n1cc([C@H]2CCCN2)cn1. The summed E-state index contributed by atoms with van der Waals surface area (Å²) < 4.78 is 2.02. The van der Waals surface area contributed by atoms with Gasteiger partial charge < -0.3 is 5.32 Å². The second-order valence-corrected chi connectivity index (χ2v) is 4.00. The maximum atomic E-state index is 4.34. The fourth-order valence-corrected chi connectivity index (χ4v) is 1.78. The second-order valence-electron chi connectivity index (χ2n) is 4.00. The molecule has 1 atom stereocenters. The highest BCUT2D eigenvalue weighted by Gasteiger charge is 2.17. The zero-order valence-electron chi connectivity index (χ0n) is 8.33. The summed E-state index contributed by atoms with van der Waals surface area (Å²) >= 11 is 0. The zero-order valence-corrected chi connectivity index (χ0v) is 8.33. The van der Waals surface area contributed by atoms with E-state index in [4.69, 9.17) is 0 Å². The van der Waals surface area contributed by atoms with Crippen LogP contribution in [0.3, 0.4) is 0 Å². The van der Waals surface area contributed by atoms with E-state index in [1.807, 2.05) is 10.9 Å². The Morgan fingerprint density at radius 3 is 3.00 bits per heavy atom. The van der Waals surface area contributed by atoms with E-state index >= 15 is 0 Å². The molecule has 13 heavy (non-hydrogen) atoms. The molecule has 1 aromatic heterocycles. The van der Waals surface area contributed by atoms with Crippen molar-refractivity contribution in [3.8, 4) is 0 Å². The number of nitrogens with zero attached hydrogens (tertiary/aromatic N) is 2. The monoisotopic (exact) mass is 179 g/mol. The minimum absolute atomic E-state index is 0.468. The van der Waals surface area contributed by atoms with Gasteiger partial charge in [-0.15, -0.1) is 0 Å². The molecule has 3 nitrogen and oxygen atoms in total. The highest BCUT2D eigenvalue weighted by Crippen LogP contribution is 2.22. The van der Waals surface area contributed by atoms with Gasteiger partial charge in [0.25, 0.3) is 0 Å². The fraction of sp³-hybridized carbons (Fsp3) is 0.700. The molecule has 72 valence electrons. The molecule has 0 spiro atoms. The Labute approximate surface area is 79.1 Å². The van der Waals surface area contributed by atoms with Gasteiger partial charge in [0.1, 0.15) is 0 Å². The lowest BCUT2D eigenvalue weighted by molar-refractivity contribution is 0.530. The molecule has 0 saturated carbocycles. The van der Waals surface area contributed by atoms with Gasteiger partial charge in [0.15, 0.2) is 0 Å². The minimum atomic E-state index is 0.468. The molecule has 1 N–H and O–H groups in total. The lowest BCUT2D eigenvalue weighted by Gasteiger charge is -2.07. The lowest BCUT2D eigenvalue weighted by Crippen LogP contribution is -2.12. The van der Waals surface area contributed by atoms with E-state index in [0.717, 1.165) is 6.54 Å². The molecule has 2 heterocycles. The van der Waals surface area contributed by atoms with Gasteiger partial charge in [-0.3, -0.25) is 4.68 Å². The Bertz CT molecular complexity index is 271. The van der Waals surface area contributed by atoms with Gasteiger partial charge in [0.05, 0.1) is 6.20 Å². The first-order valence-electron chi connectivity index (χ1n) is 5.05. The largest absolute Gasteiger partial charge is 0.310 e. The first kappa shape index (κ1) is 8.75. The van der Waals surface area contributed by atoms with Crippen LogP contribution in [-0.4, -0.2) is 16.3 Å². The normalized spacial score (nSPS) is 22.8. The molecule has 0 amide bonds. The first-order chi connectivity index (χ1) is 6.27. The van der Waals surface area contributed by atoms with Gasteiger partial charge in [-0.1, -0.05) is 0 Å². The fourth-order valence-electron chi connectivity index (χ4n) is 1.78. The topological polar surface area (TPSA) is 29.9 Å². The van der Waals surface area contributed by atoms with E-state index in [0.29, 0.717) is 12.1 Å². The van der Waals surface area contributed by atoms with Crippen LogP contribution in [-0.2, 0) is 0 Å². The molecule has 1 aromatic rings. The number of hydrogen-bond donors (Lipinski definition) is 1. The van der Waals surface area contributed by atoms with E-state index in [1.165, 1.54) is 18.4 Å². The third-order valence-electron chi connectivity index (χ3n) is 2.61. The maximum absolute atomic E-state index is 4.34. The number of rotatable bonds is 2. The van der Waals surface area contributed by atoms with Crippen molar-refractivity contribution in [1.29, 1.82) is 0 Å². The Morgan fingerprint density at radius 1 is 1.62 bits per heavy atom. The van der Waals surface area contributed by atoms with Crippen LogP contribution in [0.1, 0.15) is 44.3 Å². The number of aromatic nitrogens is 2. The summed E-state index contributed by atoms with van der Waals surface area (Å²) in [5.74, 6) is 0. The summed E-state index contributed by atoms with van der Waals surface area (Å²) in [7, 11) is 0. The van der Waals surface area contributed by atoms with Gasteiger partial charge in [0.2, 0.25) is 0 Å². The van der Waals surface area contributed by atoms with E-state index in [1.54, 1.807) is 0 Å². The molecule has 0 aromatic carbocycles. The summed E-state index contributed by atoms with van der Waals surface area (Å²) in [4.78, 5) is 0. The van der Waals surface area contributed by atoms with Gasteiger partial charge in [-0.25, -0.2) is 0 Å². The summed E-state index contributed by atoms with van der Waals surface area (Å²) in [6.45, 7) is 5.45. The molecule has 0 unspecified atom stereocenters. The van der Waals surface area contributed by atoms with Gasteiger partial charge in [0, 0.05) is 23.8 Å². The van der Waals surface area contributed by atoms with Gasteiger partial charge in [-0.2, -0.15) is 5.10 Å². The van der Waals surface area contributed by atoms with Crippen molar-refractivity contribution in [3.05, 3.63) is 18.0 Å².